The highest BCUT2D eigenvalue weighted by molar-refractivity contribution is 5.75. The van der Waals surface area contributed by atoms with E-state index in [1.807, 2.05) is 34.6 Å². The fraction of sp³-hybridized carbons (Fsp3) is 0.912. The van der Waals surface area contributed by atoms with Gasteiger partial charge in [0, 0.05) is 26.2 Å². The highest BCUT2D eigenvalue weighted by Crippen LogP contribution is 2.23. The van der Waals surface area contributed by atoms with Crippen molar-refractivity contribution in [3.05, 3.63) is 0 Å². The monoisotopic (exact) mass is 1360 g/mol. The Balaban J connectivity index is -0.000000158. The predicted molar refractivity (Wildman–Crippen MR) is 402 cm³/mol. The number of carbonyl (C=O) groups excluding carboxylic acids is 7. The molecule has 572 valence electrons. The molecule has 0 saturated carbocycles. The number of carbonyl (C=O) groups is 7. The fourth-order valence-electron chi connectivity index (χ4n) is 8.65. The number of likely N-dealkylation sites (N-methyl/N-ethyl adjacent to an activating group) is 1. The summed E-state index contributed by atoms with van der Waals surface area (Å²) in [6, 6.07) is 0. The summed E-state index contributed by atoms with van der Waals surface area (Å²) in [6.45, 7) is 44.3. The number of rotatable bonds is 55. The summed E-state index contributed by atoms with van der Waals surface area (Å²) < 4.78 is 34.6. The summed E-state index contributed by atoms with van der Waals surface area (Å²) >= 11 is 0. The lowest BCUT2D eigenvalue weighted by molar-refractivity contribution is -0.148. The topological polar surface area (TPSA) is 187 Å². The van der Waals surface area contributed by atoms with Gasteiger partial charge in [-0.25, -0.2) is 0 Å². The maximum absolute atomic E-state index is 11.6. The second-order valence-electron chi connectivity index (χ2n) is 25.1. The lowest BCUT2D eigenvalue weighted by Gasteiger charge is -2.22. The van der Waals surface area contributed by atoms with Crippen molar-refractivity contribution in [1.82, 2.24) is 4.90 Å². The third-order valence-electron chi connectivity index (χ3n) is 15.8. The molecule has 4 unspecified atom stereocenters. The van der Waals surface area contributed by atoms with Crippen LogP contribution in [0.15, 0.2) is 0 Å². The van der Waals surface area contributed by atoms with Crippen molar-refractivity contribution >= 4 is 42.3 Å². The van der Waals surface area contributed by atoms with Crippen molar-refractivity contribution in [2.75, 3.05) is 66.4 Å². The number of esters is 6. The highest BCUT2D eigenvalue weighted by atomic mass is 16.6. The van der Waals surface area contributed by atoms with Crippen molar-refractivity contribution in [3.8, 4) is 0 Å². The maximum Gasteiger partial charge on any atom is 0.320 e. The number of methoxy groups -OCH3 is 1. The van der Waals surface area contributed by atoms with Crippen LogP contribution >= 0.6 is 0 Å². The van der Waals surface area contributed by atoms with Gasteiger partial charge in [-0.05, 0) is 68.7 Å². The normalized spacial score (nSPS) is 11.3. The Bertz CT molecular complexity index is 1530. The number of unbranched alkanes of at least 4 members (excludes halogenated alkanes) is 26. The molecule has 0 bridgehead atoms. The molecule has 0 aromatic heterocycles. The molecule has 0 aliphatic rings. The largest absolute Gasteiger partial charge is 0.468 e. The van der Waals surface area contributed by atoms with E-state index < -0.39 is 0 Å². The van der Waals surface area contributed by atoms with Crippen LogP contribution in [-0.4, -0.2) is 114 Å². The molecule has 0 N–H and O–H groups in total. The summed E-state index contributed by atoms with van der Waals surface area (Å²) in [4.78, 5) is 77.8. The van der Waals surface area contributed by atoms with Gasteiger partial charge in [-0.15, -0.1) is 0 Å². The summed E-state index contributed by atoms with van der Waals surface area (Å²) in [7, 11) is 1.34. The van der Waals surface area contributed by atoms with Crippen LogP contribution in [0.4, 0.5) is 0 Å². The Hall–Kier alpha value is -3.75. The standard InChI is InChI=1S/C15H29NO4.C15H30O2.C14H28O2.C11H22O2.C10H20O2.C9H18O2.C4H10.C2H6/c1-4-6-7-8-9-10-11-20-15(18)13-16(5-2)12-14(17)19-3;1-5-8-9-10-11-14(13(4)6-2)12-17-15(16)7-3;1-4-6-7-8-9-10-11-16-14(15)12-13(3)5-2;1-3-5-6-7-8-9-10-13-11(12)4-2;1-4-5-6-7-9(2)8-12-10(3)11;1-2-3-4-5-6-7-8-11-9-10;1-3-4-2;1-2/h4-13H2,1-3H3;13-14H,5-12H2,1-4H3;13H,4-12H2,1-3H3;3-10H2,1-2H3;9H,4-8H2,1-3H3;9H,2-8H2,1H3;3-4H2,1-2H3;1-2H3. The quantitative estimate of drug-likeness (QED) is 0.0242. The third-order valence-corrected chi connectivity index (χ3v) is 15.8. The minimum Gasteiger partial charge on any atom is -0.468 e. The molecule has 0 heterocycles. The Morgan fingerprint density at radius 1 is 0.368 bits per heavy atom. The molecular weight excluding hydrogens is 1200 g/mol. The van der Waals surface area contributed by atoms with E-state index in [4.69, 9.17) is 23.7 Å². The molecule has 15 nitrogen and oxygen atoms in total. The second kappa shape index (κ2) is 96.6. The summed E-state index contributed by atoms with van der Waals surface area (Å²) in [5.74, 6) is 1.23. The molecule has 0 spiro atoms. The molecule has 0 aliphatic heterocycles. The molecule has 95 heavy (non-hydrogen) atoms. The predicted octanol–water partition coefficient (Wildman–Crippen LogP) is 22.7. The van der Waals surface area contributed by atoms with E-state index in [2.05, 4.69) is 99.5 Å². The Kier molecular flexibility index (Phi) is 109. The van der Waals surface area contributed by atoms with Crippen LogP contribution in [0.25, 0.3) is 0 Å². The maximum atomic E-state index is 11.6. The Morgan fingerprint density at radius 3 is 1.09 bits per heavy atom. The smallest absolute Gasteiger partial charge is 0.320 e. The third kappa shape index (κ3) is 106. The molecule has 0 aromatic rings. The Morgan fingerprint density at radius 2 is 0.726 bits per heavy atom. The van der Waals surface area contributed by atoms with E-state index in [0.717, 1.165) is 38.5 Å². The number of hydrogen-bond acceptors (Lipinski definition) is 15. The number of hydrogen-bond donors (Lipinski definition) is 0. The summed E-state index contributed by atoms with van der Waals surface area (Å²) in [6.07, 6.45) is 47.0. The van der Waals surface area contributed by atoms with Gasteiger partial charge in [0.05, 0.1) is 59.8 Å². The Labute approximate surface area is 589 Å². The van der Waals surface area contributed by atoms with Crippen molar-refractivity contribution in [2.24, 2.45) is 23.7 Å². The zero-order valence-corrected chi connectivity index (χ0v) is 66.7. The van der Waals surface area contributed by atoms with Crippen LogP contribution in [-0.2, 0) is 66.7 Å². The summed E-state index contributed by atoms with van der Waals surface area (Å²) in [5, 5.41) is 0. The highest BCUT2D eigenvalue weighted by Gasteiger charge is 2.18. The molecule has 0 radical (unpaired) electrons. The van der Waals surface area contributed by atoms with E-state index in [0.29, 0.717) is 95.6 Å². The van der Waals surface area contributed by atoms with Crippen LogP contribution in [0.1, 0.15) is 388 Å². The molecule has 0 saturated heterocycles. The SMILES string of the molecule is CC.CCCC.CCCCCC(C)COC(C)=O.CCCCCCC(COC(=O)CC)C(C)CC.CCCCCCCCOC(=O)CC.CCCCCCCCOC(=O)CC(C)CC.CCCCCCCCOC(=O)CN(CC)CC(=O)OC.CCCCCCCCOC=O. The van der Waals surface area contributed by atoms with Crippen LogP contribution in [0.2, 0.25) is 0 Å². The molecule has 0 aliphatic carbocycles. The fourth-order valence-corrected chi connectivity index (χ4v) is 8.65. The first-order chi connectivity index (χ1) is 45.8. The van der Waals surface area contributed by atoms with E-state index >= 15 is 0 Å². The van der Waals surface area contributed by atoms with E-state index in [1.165, 1.54) is 213 Å². The van der Waals surface area contributed by atoms with E-state index in [9.17, 15) is 33.6 Å². The molecule has 0 aromatic carbocycles. The number of nitrogens with zero attached hydrogens (tertiary/aromatic N) is 1. The number of ether oxygens (including phenoxy) is 7. The van der Waals surface area contributed by atoms with Gasteiger partial charge < -0.3 is 33.2 Å². The van der Waals surface area contributed by atoms with Crippen LogP contribution in [0.5, 0.6) is 0 Å². The zero-order chi connectivity index (χ0) is 73.7. The van der Waals surface area contributed by atoms with E-state index in [1.54, 1.807) is 4.90 Å². The lowest BCUT2D eigenvalue weighted by atomic mass is 9.88. The van der Waals surface area contributed by atoms with Gasteiger partial charge in [-0.2, -0.15) is 0 Å². The molecule has 0 fully saturated rings. The van der Waals surface area contributed by atoms with Crippen molar-refractivity contribution in [2.45, 2.75) is 388 Å². The van der Waals surface area contributed by atoms with Crippen molar-refractivity contribution in [1.29, 1.82) is 0 Å². The van der Waals surface area contributed by atoms with Crippen molar-refractivity contribution in [3.63, 3.8) is 0 Å². The molecule has 15 heteroatoms. The van der Waals surface area contributed by atoms with Gasteiger partial charge in [-0.3, -0.25) is 38.5 Å². The van der Waals surface area contributed by atoms with Crippen LogP contribution < -0.4 is 0 Å². The molecule has 0 amide bonds. The van der Waals surface area contributed by atoms with Gasteiger partial charge in [0.1, 0.15) is 0 Å². The van der Waals surface area contributed by atoms with Crippen LogP contribution in [0.3, 0.4) is 0 Å². The second-order valence-corrected chi connectivity index (χ2v) is 25.1. The first-order valence-electron chi connectivity index (χ1n) is 39.4. The van der Waals surface area contributed by atoms with Crippen LogP contribution in [0, 0.1) is 23.7 Å². The zero-order valence-electron chi connectivity index (χ0n) is 66.7. The minimum atomic E-state index is -0.337. The average molecular weight is 1360 g/mol. The van der Waals surface area contributed by atoms with Gasteiger partial charge in [0.2, 0.25) is 0 Å². The summed E-state index contributed by atoms with van der Waals surface area (Å²) in [5.41, 5.74) is 0. The van der Waals surface area contributed by atoms with E-state index in [-0.39, 0.29) is 48.9 Å². The van der Waals surface area contributed by atoms with Gasteiger partial charge in [-0.1, -0.05) is 324 Å². The van der Waals surface area contributed by atoms with Gasteiger partial charge in [0.25, 0.3) is 6.47 Å². The first kappa shape index (κ1) is 107. The molecule has 0 rings (SSSR count). The van der Waals surface area contributed by atoms with Gasteiger partial charge in [0.15, 0.2) is 0 Å². The van der Waals surface area contributed by atoms with Crippen molar-refractivity contribution < 1.29 is 66.7 Å². The average Bonchev–Trinajstić information content (AvgIpc) is 3.35. The lowest BCUT2D eigenvalue weighted by Crippen LogP contribution is -2.35. The minimum absolute atomic E-state index is 0.0251. The van der Waals surface area contributed by atoms with Gasteiger partial charge >= 0.3 is 35.8 Å². The molecule has 4 atom stereocenters. The molecular formula is C80H163NO14. The first-order valence-corrected chi connectivity index (χ1v) is 39.4.